The summed E-state index contributed by atoms with van der Waals surface area (Å²) >= 11 is 19.5. The summed E-state index contributed by atoms with van der Waals surface area (Å²) in [6.07, 6.45) is 1.67. The molecule has 146 valence electrons. The molecule has 4 rings (SSSR count). The molecule has 0 spiro atoms. The molecule has 1 aliphatic heterocycles. The molecule has 2 aromatic carbocycles. The molecule has 1 N–H and O–H groups in total. The van der Waals surface area contributed by atoms with Crippen LogP contribution in [-0.4, -0.2) is 11.1 Å². The molecule has 3 aromatic rings. The first-order chi connectivity index (χ1) is 13.9. The topological polar surface area (TPSA) is 54.6 Å². The number of thioether (sulfide) groups is 1. The van der Waals surface area contributed by atoms with Crippen molar-refractivity contribution in [3.63, 3.8) is 0 Å². The average Bonchev–Trinajstić information content (AvgIpc) is 3.26. The lowest BCUT2D eigenvalue weighted by Gasteiger charge is -2.02. The van der Waals surface area contributed by atoms with Gasteiger partial charge in [0.05, 0.1) is 15.6 Å². The predicted molar refractivity (Wildman–Crippen MR) is 121 cm³/mol. The minimum Gasteiger partial charge on any atom is -0.457 e. The molecule has 1 aromatic heterocycles. The number of aliphatic imine (C=N–C) groups is 1. The van der Waals surface area contributed by atoms with Gasteiger partial charge in [0.25, 0.3) is 5.91 Å². The van der Waals surface area contributed by atoms with Gasteiger partial charge in [-0.05, 0) is 66.7 Å². The van der Waals surface area contributed by atoms with Crippen LogP contribution in [-0.2, 0) is 4.79 Å². The lowest BCUT2D eigenvalue weighted by atomic mass is 10.2. The number of hydrogen-bond donors (Lipinski definition) is 1. The molecule has 0 aliphatic carbocycles. The first-order valence-corrected chi connectivity index (χ1v) is 10.5. The predicted octanol–water partition coefficient (Wildman–Crippen LogP) is 7.11. The van der Waals surface area contributed by atoms with Crippen LogP contribution in [0.25, 0.3) is 17.4 Å². The van der Waals surface area contributed by atoms with Crippen LogP contribution in [0.5, 0.6) is 0 Å². The van der Waals surface area contributed by atoms with E-state index in [0.29, 0.717) is 42.3 Å². The number of carbonyl (C=O) groups excluding carboxylic acids is 1. The number of halogens is 3. The van der Waals surface area contributed by atoms with Crippen molar-refractivity contribution in [2.75, 3.05) is 0 Å². The van der Waals surface area contributed by atoms with E-state index in [2.05, 4.69) is 10.3 Å². The number of hydrogen-bond acceptors (Lipinski definition) is 4. The zero-order chi connectivity index (χ0) is 20.5. The summed E-state index contributed by atoms with van der Waals surface area (Å²) in [6, 6.07) is 14.2. The van der Waals surface area contributed by atoms with Crippen LogP contribution in [0.3, 0.4) is 0 Å². The number of amides is 1. The number of furan rings is 1. The lowest BCUT2D eigenvalue weighted by Crippen LogP contribution is -2.19. The third-order valence-electron chi connectivity index (χ3n) is 4.21. The van der Waals surface area contributed by atoms with Crippen molar-refractivity contribution in [1.82, 2.24) is 5.32 Å². The second-order valence-corrected chi connectivity index (χ2v) is 8.47. The Balaban J connectivity index is 1.58. The van der Waals surface area contributed by atoms with E-state index >= 15 is 0 Å². The first-order valence-electron chi connectivity index (χ1n) is 8.50. The van der Waals surface area contributed by atoms with Crippen molar-refractivity contribution >= 4 is 69.4 Å². The summed E-state index contributed by atoms with van der Waals surface area (Å²) < 4.78 is 5.83. The van der Waals surface area contributed by atoms with Gasteiger partial charge in [0.15, 0.2) is 5.17 Å². The second kappa shape index (κ2) is 8.28. The number of benzene rings is 2. The molecule has 0 saturated carbocycles. The Morgan fingerprint density at radius 2 is 1.90 bits per heavy atom. The third-order valence-corrected chi connectivity index (χ3v) is 6.08. The van der Waals surface area contributed by atoms with Crippen LogP contribution in [0.2, 0.25) is 15.1 Å². The number of amidine groups is 1. The zero-order valence-electron chi connectivity index (χ0n) is 15.0. The molecular weight excluding hydrogens is 451 g/mol. The van der Waals surface area contributed by atoms with Gasteiger partial charge in [-0.1, -0.05) is 40.9 Å². The Labute approximate surface area is 186 Å². The summed E-state index contributed by atoms with van der Waals surface area (Å²) in [5.74, 6) is 0.880. The van der Waals surface area contributed by atoms with E-state index in [9.17, 15) is 4.79 Å². The van der Waals surface area contributed by atoms with E-state index in [-0.39, 0.29) is 5.91 Å². The highest BCUT2D eigenvalue weighted by molar-refractivity contribution is 8.18. The summed E-state index contributed by atoms with van der Waals surface area (Å²) in [5.41, 5.74) is 2.28. The van der Waals surface area contributed by atoms with E-state index in [1.807, 2.05) is 19.1 Å². The largest absolute Gasteiger partial charge is 0.457 e. The molecule has 29 heavy (non-hydrogen) atoms. The van der Waals surface area contributed by atoms with E-state index in [1.54, 1.807) is 42.5 Å². The summed E-state index contributed by atoms with van der Waals surface area (Å²) in [5, 5.41) is 4.91. The number of nitrogens with one attached hydrogen (secondary N) is 1. The summed E-state index contributed by atoms with van der Waals surface area (Å²) in [6.45, 7) is 1.88. The van der Waals surface area contributed by atoms with E-state index in [1.165, 1.54) is 11.8 Å². The van der Waals surface area contributed by atoms with Gasteiger partial charge in [-0.3, -0.25) is 4.79 Å². The summed E-state index contributed by atoms with van der Waals surface area (Å²) in [4.78, 5) is 17.3. The molecule has 4 nitrogen and oxygen atoms in total. The molecule has 0 unspecified atom stereocenters. The number of carbonyl (C=O) groups is 1. The highest BCUT2D eigenvalue weighted by Gasteiger charge is 2.24. The maximum absolute atomic E-state index is 12.3. The molecule has 0 bridgehead atoms. The van der Waals surface area contributed by atoms with Gasteiger partial charge in [-0.25, -0.2) is 4.99 Å². The Bertz CT molecular complexity index is 1180. The SMILES string of the molecule is Cc1c(Cl)cccc1N=C1NC(=O)/C(=C/c2ccc(-c3ccc(Cl)cc3Cl)o2)S1. The Morgan fingerprint density at radius 3 is 2.69 bits per heavy atom. The normalized spacial score (nSPS) is 16.6. The fourth-order valence-corrected chi connectivity index (χ4v) is 4.19. The number of nitrogens with zero attached hydrogens (tertiary/aromatic N) is 1. The van der Waals surface area contributed by atoms with E-state index in [4.69, 9.17) is 39.2 Å². The van der Waals surface area contributed by atoms with E-state index < -0.39 is 0 Å². The van der Waals surface area contributed by atoms with Gasteiger partial charge in [0.2, 0.25) is 0 Å². The van der Waals surface area contributed by atoms with Crippen molar-refractivity contribution in [3.05, 3.63) is 79.8 Å². The van der Waals surface area contributed by atoms with Crippen LogP contribution >= 0.6 is 46.6 Å². The molecule has 8 heteroatoms. The van der Waals surface area contributed by atoms with Gasteiger partial charge in [-0.2, -0.15) is 0 Å². The molecule has 2 heterocycles. The zero-order valence-corrected chi connectivity index (χ0v) is 18.1. The molecule has 1 saturated heterocycles. The quantitative estimate of drug-likeness (QED) is 0.421. The fraction of sp³-hybridized carbons (Fsp3) is 0.0476. The van der Waals surface area contributed by atoms with Gasteiger partial charge >= 0.3 is 0 Å². The monoisotopic (exact) mass is 462 g/mol. The first kappa shape index (κ1) is 20.1. The summed E-state index contributed by atoms with van der Waals surface area (Å²) in [7, 11) is 0. The third kappa shape index (κ3) is 4.38. The standard InChI is InChI=1S/C21H13Cl3N2O2S/c1-11-15(23)3-2-4-17(11)25-21-26-20(27)19(29-21)10-13-6-8-18(28-13)14-7-5-12(22)9-16(14)24/h2-10H,1H3,(H,25,26,27)/b19-10-. The fourth-order valence-electron chi connectivity index (χ4n) is 2.70. The molecular formula is C21H13Cl3N2O2S. The van der Waals surface area contributed by atoms with Gasteiger partial charge < -0.3 is 9.73 Å². The van der Waals surface area contributed by atoms with Gasteiger partial charge in [0, 0.05) is 21.7 Å². The van der Waals surface area contributed by atoms with Crippen molar-refractivity contribution in [2.45, 2.75) is 6.92 Å². The number of rotatable bonds is 3. The van der Waals surface area contributed by atoms with Crippen LogP contribution in [0.4, 0.5) is 5.69 Å². The van der Waals surface area contributed by atoms with Crippen LogP contribution in [0.15, 0.2) is 62.8 Å². The van der Waals surface area contributed by atoms with E-state index in [0.717, 1.165) is 11.1 Å². The average molecular weight is 464 g/mol. The second-order valence-electron chi connectivity index (χ2n) is 6.19. The van der Waals surface area contributed by atoms with Crippen molar-refractivity contribution in [1.29, 1.82) is 0 Å². The highest BCUT2D eigenvalue weighted by atomic mass is 35.5. The maximum Gasteiger partial charge on any atom is 0.264 e. The molecule has 0 radical (unpaired) electrons. The highest BCUT2D eigenvalue weighted by Crippen LogP contribution is 2.34. The lowest BCUT2D eigenvalue weighted by molar-refractivity contribution is -0.115. The Kier molecular flexibility index (Phi) is 5.74. The van der Waals surface area contributed by atoms with Crippen LogP contribution in [0, 0.1) is 6.92 Å². The molecule has 1 aliphatic rings. The smallest absolute Gasteiger partial charge is 0.264 e. The Morgan fingerprint density at radius 1 is 1.07 bits per heavy atom. The minimum absolute atomic E-state index is 0.240. The van der Waals surface area contributed by atoms with Crippen molar-refractivity contribution < 1.29 is 9.21 Å². The molecule has 1 amide bonds. The van der Waals surface area contributed by atoms with Crippen molar-refractivity contribution in [3.8, 4) is 11.3 Å². The minimum atomic E-state index is -0.240. The van der Waals surface area contributed by atoms with Gasteiger partial charge in [-0.15, -0.1) is 0 Å². The molecule has 1 fully saturated rings. The molecule has 0 atom stereocenters. The van der Waals surface area contributed by atoms with Crippen molar-refractivity contribution in [2.24, 2.45) is 4.99 Å². The van der Waals surface area contributed by atoms with Crippen LogP contribution < -0.4 is 5.32 Å². The van der Waals surface area contributed by atoms with Gasteiger partial charge in [0.1, 0.15) is 11.5 Å². The van der Waals surface area contributed by atoms with Crippen LogP contribution in [0.1, 0.15) is 11.3 Å². The maximum atomic E-state index is 12.3. The Hall–Kier alpha value is -2.18.